The first kappa shape index (κ1) is 31.8. The number of halogens is 4. The third-order valence-corrected chi connectivity index (χ3v) is 8.26. The van der Waals surface area contributed by atoms with Gasteiger partial charge in [-0.2, -0.15) is 23.1 Å². The van der Waals surface area contributed by atoms with E-state index in [1.807, 2.05) is 6.92 Å². The molecule has 3 saturated heterocycles. The number of benzene rings is 1. The van der Waals surface area contributed by atoms with E-state index in [2.05, 4.69) is 26.7 Å². The fourth-order valence-electron chi connectivity index (χ4n) is 6.39. The van der Waals surface area contributed by atoms with Gasteiger partial charge in [0.05, 0.1) is 37.7 Å². The van der Waals surface area contributed by atoms with Crippen molar-refractivity contribution in [1.29, 1.82) is 0 Å². The number of alkyl halides is 4. The number of fused-ring (bicyclic) bond motifs is 2. The smallest absolute Gasteiger partial charge is 0.417 e. The number of carbonyl (C=O) groups excluding carboxylic acids is 1. The topological polar surface area (TPSA) is 103 Å². The molecule has 0 radical (unpaired) electrons. The van der Waals surface area contributed by atoms with E-state index in [0.717, 1.165) is 13.0 Å². The van der Waals surface area contributed by atoms with Crippen LogP contribution in [0.2, 0.25) is 0 Å². The van der Waals surface area contributed by atoms with Gasteiger partial charge in [-0.3, -0.25) is 9.69 Å². The maximum atomic E-state index is 14.1. The number of rotatable bonds is 3. The first-order valence-corrected chi connectivity index (χ1v) is 14.7. The summed E-state index contributed by atoms with van der Waals surface area (Å²) in [6, 6.07) is 3.14. The van der Waals surface area contributed by atoms with E-state index in [1.54, 1.807) is 4.90 Å². The summed E-state index contributed by atoms with van der Waals surface area (Å²) in [4.78, 5) is 25.0. The second kappa shape index (κ2) is 13.2. The van der Waals surface area contributed by atoms with Crippen molar-refractivity contribution >= 4 is 17.5 Å². The number of cyclic esters (lactones) is 1. The molecule has 0 saturated carbocycles. The van der Waals surface area contributed by atoms with Gasteiger partial charge in [0, 0.05) is 48.3 Å². The Morgan fingerprint density at radius 3 is 2.70 bits per heavy atom. The number of methoxy groups -OCH3 is 1. The summed E-state index contributed by atoms with van der Waals surface area (Å²) in [6.45, 7) is 5.97. The van der Waals surface area contributed by atoms with E-state index in [1.165, 1.54) is 39.0 Å². The fourth-order valence-corrected chi connectivity index (χ4v) is 6.39. The molecule has 3 fully saturated rings. The molecule has 4 atom stereocenters. The third-order valence-electron chi connectivity index (χ3n) is 8.26. The first-order chi connectivity index (χ1) is 21.0. The van der Waals surface area contributed by atoms with Crippen LogP contribution in [-0.4, -0.2) is 72.9 Å². The number of nitrogen functional groups attached to an aromatic ring is 1. The quantitative estimate of drug-likeness (QED) is 0.231. The summed E-state index contributed by atoms with van der Waals surface area (Å²) in [5.41, 5.74) is 5.96. The molecule has 4 unspecified atom stereocenters. The third kappa shape index (κ3) is 7.02. The molecule has 9 nitrogen and oxygen atoms in total. The minimum Gasteiger partial charge on any atom is -0.467 e. The lowest BCUT2D eigenvalue weighted by Gasteiger charge is -2.31. The molecule has 1 aromatic heterocycles. The molecule has 44 heavy (non-hydrogen) atoms. The van der Waals surface area contributed by atoms with Gasteiger partial charge in [0.15, 0.2) is 0 Å². The molecule has 0 aliphatic carbocycles. The van der Waals surface area contributed by atoms with Crippen LogP contribution >= 0.6 is 0 Å². The molecule has 5 heterocycles. The highest BCUT2D eigenvalue weighted by atomic mass is 19.4. The summed E-state index contributed by atoms with van der Waals surface area (Å²) >= 11 is 0. The summed E-state index contributed by atoms with van der Waals surface area (Å²) in [5, 5.41) is 0. The van der Waals surface area contributed by atoms with E-state index in [0.29, 0.717) is 36.2 Å². The first-order valence-electron chi connectivity index (χ1n) is 14.7. The molecule has 4 aliphatic heterocycles. The monoisotopic (exact) mass is 619 g/mol. The Morgan fingerprint density at radius 2 is 2.00 bits per heavy atom. The van der Waals surface area contributed by atoms with Crippen molar-refractivity contribution < 1.29 is 36.6 Å². The van der Waals surface area contributed by atoms with Gasteiger partial charge >= 0.3 is 18.2 Å². The molecular formula is C31H37F4N5O4. The van der Waals surface area contributed by atoms with Crippen LogP contribution in [0.25, 0.3) is 0 Å². The van der Waals surface area contributed by atoms with Crippen molar-refractivity contribution in [2.45, 2.75) is 70.6 Å². The van der Waals surface area contributed by atoms with Crippen LogP contribution in [0, 0.1) is 17.8 Å². The molecule has 1 aromatic carbocycles. The van der Waals surface area contributed by atoms with E-state index >= 15 is 0 Å². The highest BCUT2D eigenvalue weighted by molar-refractivity contribution is 5.76. The number of ether oxygens (including phenoxy) is 3. The van der Waals surface area contributed by atoms with Crippen molar-refractivity contribution in [2.75, 3.05) is 50.5 Å². The van der Waals surface area contributed by atoms with Crippen molar-refractivity contribution in [1.82, 2.24) is 14.9 Å². The Bertz CT molecular complexity index is 1430. The van der Waals surface area contributed by atoms with Crippen molar-refractivity contribution in [3.8, 4) is 17.9 Å². The van der Waals surface area contributed by atoms with Crippen molar-refractivity contribution in [3.05, 3.63) is 40.1 Å². The van der Waals surface area contributed by atoms with Gasteiger partial charge < -0.3 is 24.8 Å². The average Bonchev–Trinajstić information content (AvgIpc) is 3.50. The van der Waals surface area contributed by atoms with Crippen LogP contribution in [0.3, 0.4) is 0 Å². The zero-order valence-corrected chi connectivity index (χ0v) is 25.0. The molecule has 2 aromatic rings. The van der Waals surface area contributed by atoms with E-state index in [-0.39, 0.29) is 54.9 Å². The van der Waals surface area contributed by atoms with Crippen LogP contribution in [-0.2, 0) is 33.5 Å². The summed E-state index contributed by atoms with van der Waals surface area (Å²) in [6.07, 6.45) is -2.79. The molecule has 4 aliphatic rings. The van der Waals surface area contributed by atoms with Crippen molar-refractivity contribution in [3.63, 3.8) is 0 Å². The largest absolute Gasteiger partial charge is 0.467 e. The Labute approximate surface area is 254 Å². The molecule has 13 heteroatoms. The van der Waals surface area contributed by atoms with E-state index in [9.17, 15) is 22.4 Å². The maximum absolute atomic E-state index is 14.1. The second-order valence-electron chi connectivity index (χ2n) is 11.7. The lowest BCUT2D eigenvalue weighted by atomic mass is 9.91. The van der Waals surface area contributed by atoms with Gasteiger partial charge in [0.25, 0.3) is 0 Å². The molecule has 0 bridgehead atoms. The molecule has 238 valence electrons. The number of aromatic nitrogens is 2. The summed E-state index contributed by atoms with van der Waals surface area (Å²) in [7, 11) is 1.40. The number of hydrogen-bond donors (Lipinski definition) is 1. The predicted molar refractivity (Wildman–Crippen MR) is 155 cm³/mol. The zero-order valence-electron chi connectivity index (χ0n) is 25.0. The lowest BCUT2D eigenvalue weighted by Crippen LogP contribution is -2.34. The van der Waals surface area contributed by atoms with E-state index < -0.39 is 30.0 Å². The fraction of sp³-hybridized carbons (Fsp3) is 0.581. The molecule has 2 N–H and O–H groups in total. The molecular weight excluding hydrogens is 582 g/mol. The highest BCUT2D eigenvalue weighted by Crippen LogP contribution is 2.43. The standard InChI is InChI=1S/C24H25F3N4O4.C7H12FN/c1-4-5-14-6-15(28)7-16(21(14)24(25,26)27)19-8-18-17(12-34-19)22(30-23(29-18)33-3)31-9-13(2)11-35-20(32)10-31;8-6-4-7-2-1-3-9(7)5-6/h6-7,13,19H,8-12,28H2,1-3H3;6-7H,1-5H2. The minimum absolute atomic E-state index is 0.0210. The maximum Gasteiger partial charge on any atom is 0.417 e. The van der Waals surface area contributed by atoms with Gasteiger partial charge in [-0.05, 0) is 50.4 Å². The normalized spacial score (nSPS) is 25.1. The van der Waals surface area contributed by atoms with Crippen LogP contribution < -0.4 is 15.4 Å². The highest BCUT2D eigenvalue weighted by Gasteiger charge is 2.40. The molecule has 0 amide bonds. The number of hydrogen-bond acceptors (Lipinski definition) is 9. The zero-order chi connectivity index (χ0) is 31.6. The Hall–Kier alpha value is -3.63. The van der Waals surface area contributed by atoms with Gasteiger partial charge in [-0.1, -0.05) is 12.8 Å². The van der Waals surface area contributed by atoms with Crippen LogP contribution in [0.1, 0.15) is 67.2 Å². The number of carbonyl (C=O) groups is 1. The minimum atomic E-state index is -4.66. The number of nitrogens with zero attached hydrogens (tertiary/aromatic N) is 4. The van der Waals surface area contributed by atoms with Gasteiger partial charge in [-0.25, -0.2) is 4.39 Å². The van der Waals surface area contributed by atoms with Gasteiger partial charge in [0.2, 0.25) is 0 Å². The molecule has 6 rings (SSSR count). The molecule has 0 spiro atoms. The number of nitrogens with two attached hydrogens (primary N) is 1. The van der Waals surface area contributed by atoms with Crippen LogP contribution in [0.15, 0.2) is 12.1 Å². The van der Waals surface area contributed by atoms with Crippen LogP contribution in [0.5, 0.6) is 6.01 Å². The lowest BCUT2D eigenvalue weighted by molar-refractivity contribution is -0.142. The average molecular weight is 620 g/mol. The number of esters is 1. The van der Waals surface area contributed by atoms with E-state index in [4.69, 9.17) is 19.9 Å². The second-order valence-corrected chi connectivity index (χ2v) is 11.7. The number of anilines is 2. The summed E-state index contributed by atoms with van der Waals surface area (Å²) in [5.74, 6) is 5.12. The van der Waals surface area contributed by atoms with Gasteiger partial charge in [-0.15, -0.1) is 5.92 Å². The Kier molecular flexibility index (Phi) is 9.51. The predicted octanol–water partition coefficient (Wildman–Crippen LogP) is 4.46. The Balaban J connectivity index is 0.000000361. The summed E-state index contributed by atoms with van der Waals surface area (Å²) < 4.78 is 71.3. The van der Waals surface area contributed by atoms with Crippen molar-refractivity contribution in [2.24, 2.45) is 5.92 Å². The Morgan fingerprint density at radius 1 is 1.20 bits per heavy atom. The van der Waals surface area contributed by atoms with Gasteiger partial charge in [0.1, 0.15) is 18.5 Å². The van der Waals surface area contributed by atoms with Crippen LogP contribution in [0.4, 0.5) is 29.1 Å². The SMILES string of the molecule is CC#Cc1cc(N)cc(C2Cc3nc(OC)nc(N4CC(=O)OCC(C)C4)c3CO2)c1C(F)(F)F.FC1CC2CCCN2C1.